The first-order valence-corrected chi connectivity index (χ1v) is 8.23. The van der Waals surface area contributed by atoms with Crippen LogP contribution in [-0.2, 0) is 11.2 Å². The molecule has 0 fully saturated rings. The normalized spacial score (nSPS) is 12.0. The lowest BCUT2D eigenvalue weighted by atomic mass is 10.0. The minimum Gasteiger partial charge on any atom is -0.481 e. The average molecular weight is 320 g/mol. The van der Waals surface area contributed by atoms with Gasteiger partial charge in [-0.3, -0.25) is 4.79 Å². The number of urea groups is 1. The number of aliphatic carboxylic acids is 1. The van der Waals surface area contributed by atoms with Crippen LogP contribution < -0.4 is 5.32 Å². The summed E-state index contributed by atoms with van der Waals surface area (Å²) in [7, 11) is 0. The highest BCUT2D eigenvalue weighted by atomic mass is 16.4. The molecule has 0 radical (unpaired) electrons. The molecule has 0 aliphatic heterocycles. The number of rotatable bonds is 9. The molecular weight excluding hydrogens is 292 g/mol. The molecule has 0 spiro atoms. The molecule has 0 bridgehead atoms. The first-order valence-electron chi connectivity index (χ1n) is 8.23. The Kier molecular flexibility index (Phi) is 8.16. The summed E-state index contributed by atoms with van der Waals surface area (Å²) in [5.74, 6) is -0.445. The number of carboxylic acids is 1. The van der Waals surface area contributed by atoms with Crippen molar-refractivity contribution in [1.82, 2.24) is 10.2 Å². The van der Waals surface area contributed by atoms with Crippen molar-refractivity contribution in [2.45, 2.75) is 46.1 Å². The lowest BCUT2D eigenvalue weighted by Gasteiger charge is -2.27. The Bertz CT molecular complexity index is 488. The van der Waals surface area contributed by atoms with Gasteiger partial charge in [-0.15, -0.1) is 0 Å². The van der Waals surface area contributed by atoms with E-state index in [1.807, 2.05) is 37.3 Å². The van der Waals surface area contributed by atoms with Crippen molar-refractivity contribution in [2.75, 3.05) is 13.1 Å². The van der Waals surface area contributed by atoms with Crippen LogP contribution in [0.5, 0.6) is 0 Å². The number of carboxylic acid groups (broad SMARTS) is 1. The summed E-state index contributed by atoms with van der Waals surface area (Å²) in [6.45, 7) is 7.43. The van der Waals surface area contributed by atoms with Gasteiger partial charge in [0.05, 0.1) is 0 Å². The van der Waals surface area contributed by atoms with E-state index in [0.717, 1.165) is 5.56 Å². The molecule has 23 heavy (non-hydrogen) atoms. The number of carbonyl (C=O) groups is 2. The molecule has 1 rings (SSSR count). The molecule has 1 aromatic carbocycles. The van der Waals surface area contributed by atoms with Crippen LogP contribution >= 0.6 is 0 Å². The van der Waals surface area contributed by atoms with Crippen LogP contribution in [-0.4, -0.2) is 41.1 Å². The van der Waals surface area contributed by atoms with Crippen LogP contribution in [0.2, 0.25) is 0 Å². The molecule has 5 heteroatoms. The highest BCUT2D eigenvalue weighted by Gasteiger charge is 2.19. The molecule has 0 saturated heterocycles. The van der Waals surface area contributed by atoms with Gasteiger partial charge in [0.15, 0.2) is 0 Å². The zero-order valence-electron chi connectivity index (χ0n) is 14.3. The predicted molar refractivity (Wildman–Crippen MR) is 91.4 cm³/mol. The number of carbonyl (C=O) groups excluding carboxylic acids is 1. The van der Waals surface area contributed by atoms with Gasteiger partial charge in [-0.2, -0.15) is 0 Å². The van der Waals surface area contributed by atoms with Gasteiger partial charge in [0.2, 0.25) is 0 Å². The van der Waals surface area contributed by atoms with Crippen LogP contribution in [0.1, 0.15) is 39.2 Å². The summed E-state index contributed by atoms with van der Waals surface area (Å²) in [4.78, 5) is 25.0. The van der Waals surface area contributed by atoms with Gasteiger partial charge in [-0.1, -0.05) is 44.2 Å². The molecule has 0 saturated carbocycles. The van der Waals surface area contributed by atoms with Crippen LogP contribution in [0.25, 0.3) is 0 Å². The van der Waals surface area contributed by atoms with E-state index in [-0.39, 0.29) is 18.5 Å². The van der Waals surface area contributed by atoms with Gasteiger partial charge in [0.1, 0.15) is 0 Å². The summed E-state index contributed by atoms with van der Waals surface area (Å²) in [5, 5.41) is 11.9. The largest absolute Gasteiger partial charge is 0.481 e. The van der Waals surface area contributed by atoms with Gasteiger partial charge in [0.25, 0.3) is 0 Å². The Labute approximate surface area is 138 Å². The average Bonchev–Trinajstić information content (AvgIpc) is 2.50. The molecule has 1 atom stereocenters. The summed E-state index contributed by atoms with van der Waals surface area (Å²) in [6.07, 6.45) is 1.11. The summed E-state index contributed by atoms with van der Waals surface area (Å²) in [5.41, 5.74) is 1.09. The number of benzene rings is 1. The SMILES string of the molecule is CCN(CC(C)C)C(=O)NC(CCC(=O)O)Cc1ccccc1. The molecule has 1 unspecified atom stereocenters. The minimum atomic E-state index is -0.841. The predicted octanol–water partition coefficient (Wildman–Crippen LogP) is 3.15. The van der Waals surface area contributed by atoms with Crippen molar-refractivity contribution in [2.24, 2.45) is 5.92 Å². The number of amides is 2. The summed E-state index contributed by atoms with van der Waals surface area (Å²) >= 11 is 0. The molecule has 1 aromatic rings. The van der Waals surface area contributed by atoms with Crippen molar-refractivity contribution >= 4 is 12.0 Å². The van der Waals surface area contributed by atoms with Gasteiger partial charge in [-0.25, -0.2) is 4.79 Å². The van der Waals surface area contributed by atoms with E-state index in [2.05, 4.69) is 19.2 Å². The van der Waals surface area contributed by atoms with E-state index < -0.39 is 5.97 Å². The number of hydrogen-bond donors (Lipinski definition) is 2. The Morgan fingerprint density at radius 2 is 1.87 bits per heavy atom. The third-order valence-corrected chi connectivity index (χ3v) is 3.61. The van der Waals surface area contributed by atoms with E-state index in [1.54, 1.807) is 4.90 Å². The van der Waals surface area contributed by atoms with Crippen LogP contribution in [0.4, 0.5) is 4.79 Å². The lowest BCUT2D eigenvalue weighted by Crippen LogP contribution is -2.46. The monoisotopic (exact) mass is 320 g/mol. The van der Waals surface area contributed by atoms with Crippen LogP contribution in [0.15, 0.2) is 30.3 Å². The highest BCUT2D eigenvalue weighted by Crippen LogP contribution is 2.09. The Balaban J connectivity index is 2.70. The van der Waals surface area contributed by atoms with Gasteiger partial charge in [0, 0.05) is 25.6 Å². The number of hydrogen-bond acceptors (Lipinski definition) is 2. The zero-order chi connectivity index (χ0) is 17.2. The maximum absolute atomic E-state index is 12.4. The smallest absolute Gasteiger partial charge is 0.317 e. The Morgan fingerprint density at radius 3 is 2.39 bits per heavy atom. The van der Waals surface area contributed by atoms with Gasteiger partial charge < -0.3 is 15.3 Å². The summed E-state index contributed by atoms with van der Waals surface area (Å²) < 4.78 is 0. The summed E-state index contributed by atoms with van der Waals surface area (Å²) in [6, 6.07) is 9.52. The van der Waals surface area contributed by atoms with Crippen molar-refractivity contribution in [3.63, 3.8) is 0 Å². The molecule has 128 valence electrons. The molecule has 0 aromatic heterocycles. The first-order chi connectivity index (χ1) is 10.9. The zero-order valence-corrected chi connectivity index (χ0v) is 14.3. The van der Waals surface area contributed by atoms with E-state index in [9.17, 15) is 9.59 Å². The van der Waals surface area contributed by atoms with Gasteiger partial charge in [-0.05, 0) is 31.2 Å². The molecular formula is C18H28N2O3. The number of nitrogens with zero attached hydrogens (tertiary/aromatic N) is 1. The van der Waals surface area contributed by atoms with Crippen molar-refractivity contribution in [3.05, 3.63) is 35.9 Å². The first kappa shape index (κ1) is 19.0. The topological polar surface area (TPSA) is 69.6 Å². The fourth-order valence-corrected chi connectivity index (χ4v) is 2.48. The molecule has 2 amide bonds. The fraction of sp³-hybridized carbons (Fsp3) is 0.556. The molecule has 2 N–H and O–H groups in total. The minimum absolute atomic E-state index is 0.0497. The van der Waals surface area contributed by atoms with Crippen LogP contribution in [0, 0.1) is 5.92 Å². The molecule has 5 nitrogen and oxygen atoms in total. The van der Waals surface area contributed by atoms with Gasteiger partial charge >= 0.3 is 12.0 Å². The third-order valence-electron chi connectivity index (χ3n) is 3.61. The van der Waals surface area contributed by atoms with E-state index in [0.29, 0.717) is 31.8 Å². The fourth-order valence-electron chi connectivity index (χ4n) is 2.48. The Hall–Kier alpha value is -2.04. The quantitative estimate of drug-likeness (QED) is 0.734. The standard InChI is InChI=1S/C18H28N2O3/c1-4-20(13-14(2)3)18(23)19-16(10-11-17(21)22)12-15-8-6-5-7-9-15/h5-9,14,16H,4,10-13H2,1-3H3,(H,19,23)(H,21,22). The van der Waals surface area contributed by atoms with Crippen LogP contribution in [0.3, 0.4) is 0 Å². The van der Waals surface area contributed by atoms with E-state index >= 15 is 0 Å². The third kappa shape index (κ3) is 7.68. The lowest BCUT2D eigenvalue weighted by molar-refractivity contribution is -0.137. The highest BCUT2D eigenvalue weighted by molar-refractivity contribution is 5.74. The second kappa shape index (κ2) is 9.87. The maximum Gasteiger partial charge on any atom is 0.317 e. The molecule has 0 aliphatic carbocycles. The molecule has 0 heterocycles. The van der Waals surface area contributed by atoms with Crippen molar-refractivity contribution in [3.8, 4) is 0 Å². The molecule has 0 aliphatic rings. The van der Waals surface area contributed by atoms with E-state index in [4.69, 9.17) is 5.11 Å². The second-order valence-electron chi connectivity index (χ2n) is 6.20. The van der Waals surface area contributed by atoms with Crippen molar-refractivity contribution in [1.29, 1.82) is 0 Å². The Morgan fingerprint density at radius 1 is 1.22 bits per heavy atom. The maximum atomic E-state index is 12.4. The van der Waals surface area contributed by atoms with E-state index in [1.165, 1.54) is 0 Å². The number of nitrogens with one attached hydrogen (secondary N) is 1. The van der Waals surface area contributed by atoms with Crippen molar-refractivity contribution < 1.29 is 14.7 Å². The second-order valence-corrected chi connectivity index (χ2v) is 6.20.